The quantitative estimate of drug-likeness (QED) is 0.435. The second kappa shape index (κ2) is 10.4. The van der Waals surface area contributed by atoms with Crippen LogP contribution in [0.1, 0.15) is 91.3 Å². The van der Waals surface area contributed by atoms with Gasteiger partial charge in [-0.2, -0.15) is 0 Å². The van der Waals surface area contributed by atoms with Gasteiger partial charge < -0.3 is 10.1 Å². The fourth-order valence-electron chi connectivity index (χ4n) is 7.32. The third kappa shape index (κ3) is 4.69. The van der Waals surface area contributed by atoms with Crippen molar-refractivity contribution in [1.82, 2.24) is 5.32 Å². The van der Waals surface area contributed by atoms with E-state index in [0.717, 1.165) is 63.5 Å². The average Bonchev–Trinajstić information content (AvgIpc) is 3.20. The number of hydrogen-bond acceptors (Lipinski definition) is 3. The molecule has 5 rings (SSSR count). The van der Waals surface area contributed by atoms with Crippen LogP contribution in [0.25, 0.3) is 0 Å². The maximum atomic E-state index is 13.0. The number of benzene rings is 2. The summed E-state index contributed by atoms with van der Waals surface area (Å²) in [5.41, 5.74) is 4.63. The predicted octanol–water partition coefficient (Wildman–Crippen LogP) is 6.40. The predicted molar refractivity (Wildman–Crippen MR) is 139 cm³/mol. The molecule has 3 unspecified atom stereocenters. The molecule has 3 aliphatic carbocycles. The van der Waals surface area contributed by atoms with E-state index < -0.39 is 0 Å². The summed E-state index contributed by atoms with van der Waals surface area (Å²) < 4.78 is 18.8. The Morgan fingerprint density at radius 3 is 2.67 bits per heavy atom. The van der Waals surface area contributed by atoms with Gasteiger partial charge in [0.25, 0.3) is 5.91 Å². The summed E-state index contributed by atoms with van der Waals surface area (Å²) in [5, 5.41) is 2.93. The van der Waals surface area contributed by atoms with Gasteiger partial charge in [-0.05, 0) is 116 Å². The van der Waals surface area contributed by atoms with Crippen LogP contribution in [0, 0.1) is 23.1 Å². The van der Waals surface area contributed by atoms with Crippen LogP contribution in [0.3, 0.4) is 0 Å². The number of rotatable bonds is 8. The maximum Gasteiger partial charge on any atom is 0.251 e. The summed E-state index contributed by atoms with van der Waals surface area (Å²) in [6.45, 7) is 2.85. The average molecular weight is 492 g/mol. The fourth-order valence-corrected chi connectivity index (χ4v) is 7.32. The minimum atomic E-state index is -0.338. The van der Waals surface area contributed by atoms with Gasteiger partial charge in [0.15, 0.2) is 0 Å². The molecule has 0 aliphatic heterocycles. The van der Waals surface area contributed by atoms with Crippen LogP contribution < -0.4 is 10.1 Å². The monoisotopic (exact) mass is 491 g/mol. The molecule has 4 nitrogen and oxygen atoms in total. The number of unbranched alkanes of at least 4 members (excludes halogenated alkanes) is 2. The Kier molecular flexibility index (Phi) is 7.18. The van der Waals surface area contributed by atoms with Crippen molar-refractivity contribution in [3.05, 3.63) is 64.5 Å². The molecular weight excluding hydrogens is 453 g/mol. The minimum absolute atomic E-state index is 0.0832. The van der Waals surface area contributed by atoms with Crippen molar-refractivity contribution >= 4 is 11.7 Å². The van der Waals surface area contributed by atoms with Gasteiger partial charge in [-0.25, -0.2) is 4.39 Å². The molecule has 4 atom stereocenters. The van der Waals surface area contributed by atoms with Gasteiger partial charge in [0.05, 0.1) is 7.11 Å². The van der Waals surface area contributed by atoms with E-state index in [1.54, 1.807) is 7.11 Å². The fraction of sp³-hybridized carbons (Fsp3) is 0.548. The van der Waals surface area contributed by atoms with E-state index in [4.69, 9.17) is 4.74 Å². The molecule has 192 valence electrons. The summed E-state index contributed by atoms with van der Waals surface area (Å²) in [4.78, 5) is 24.8. The molecule has 0 radical (unpaired) electrons. The molecule has 0 heterocycles. The Morgan fingerprint density at radius 1 is 1.08 bits per heavy atom. The number of ether oxygens (including phenoxy) is 1. The highest BCUT2D eigenvalue weighted by Gasteiger charge is 2.54. The summed E-state index contributed by atoms with van der Waals surface area (Å²) in [6.07, 6.45) is 10.2. The second-order valence-electron chi connectivity index (χ2n) is 11.3. The largest absolute Gasteiger partial charge is 0.496 e. The van der Waals surface area contributed by atoms with Crippen LogP contribution in [0.15, 0.2) is 36.4 Å². The Labute approximate surface area is 214 Å². The first-order valence-electron chi connectivity index (χ1n) is 13.7. The van der Waals surface area contributed by atoms with Crippen LogP contribution in [-0.4, -0.2) is 25.3 Å². The minimum Gasteiger partial charge on any atom is -0.496 e. The first kappa shape index (κ1) is 25.0. The lowest BCUT2D eigenvalue weighted by Crippen LogP contribution is -2.42. The van der Waals surface area contributed by atoms with Crippen LogP contribution >= 0.6 is 0 Å². The number of hydrogen-bond donors (Lipinski definition) is 1. The molecule has 1 amide bonds. The Morgan fingerprint density at radius 2 is 1.89 bits per heavy atom. The summed E-state index contributed by atoms with van der Waals surface area (Å²) >= 11 is 0. The molecule has 0 spiro atoms. The molecule has 5 heteroatoms. The first-order valence-corrected chi connectivity index (χ1v) is 13.7. The van der Waals surface area contributed by atoms with Crippen LogP contribution in [0.4, 0.5) is 4.39 Å². The number of fused-ring (bicyclic) bond motifs is 5. The normalized spacial score (nSPS) is 26.6. The molecule has 2 aromatic rings. The molecule has 0 saturated heterocycles. The second-order valence-corrected chi connectivity index (χ2v) is 11.3. The van der Waals surface area contributed by atoms with E-state index in [2.05, 4.69) is 24.4 Å². The summed E-state index contributed by atoms with van der Waals surface area (Å²) in [7, 11) is 1.76. The molecule has 2 aromatic carbocycles. The molecule has 1 N–H and O–H groups in total. The lowest BCUT2D eigenvalue weighted by atomic mass is 9.55. The molecular formula is C31H38FNO3. The number of aryl methyl sites for hydroxylation is 2. The topological polar surface area (TPSA) is 55.4 Å². The molecule has 3 aliphatic rings. The van der Waals surface area contributed by atoms with Crippen molar-refractivity contribution in [3.8, 4) is 5.75 Å². The van der Waals surface area contributed by atoms with Crippen molar-refractivity contribution in [3.63, 3.8) is 0 Å². The van der Waals surface area contributed by atoms with Crippen molar-refractivity contribution in [2.24, 2.45) is 17.3 Å². The molecule has 36 heavy (non-hydrogen) atoms. The van der Waals surface area contributed by atoms with Gasteiger partial charge >= 0.3 is 0 Å². The number of Topliss-reactive ketones (excluding diaryl/α,β-unsaturated/α-hetero) is 1. The highest BCUT2D eigenvalue weighted by molar-refractivity contribution is 5.94. The van der Waals surface area contributed by atoms with Gasteiger partial charge in [-0.1, -0.05) is 19.4 Å². The number of carbonyl (C=O) groups is 2. The zero-order chi connectivity index (χ0) is 25.3. The van der Waals surface area contributed by atoms with Gasteiger partial charge in [0, 0.05) is 23.9 Å². The molecule has 0 aromatic heterocycles. The third-order valence-electron chi connectivity index (χ3n) is 9.35. The van der Waals surface area contributed by atoms with Gasteiger partial charge in [0.2, 0.25) is 0 Å². The van der Waals surface area contributed by atoms with Crippen LogP contribution in [0.5, 0.6) is 5.75 Å². The van der Waals surface area contributed by atoms with Gasteiger partial charge in [-0.3, -0.25) is 9.59 Å². The first-order chi connectivity index (χ1) is 17.4. The van der Waals surface area contributed by atoms with E-state index in [0.29, 0.717) is 35.6 Å². The number of carbonyl (C=O) groups excluding carboxylic acids is 2. The smallest absolute Gasteiger partial charge is 0.251 e. The molecule has 2 fully saturated rings. The Hall–Kier alpha value is -2.69. The SMILES string of the molecule is COc1cc2c(cc1CCCCCNC(=O)c1ccc(F)cc1)C1CC[C@]3(C)C(=O)CCC3C1CC2. The lowest BCUT2D eigenvalue weighted by Gasteiger charge is -2.48. The van der Waals surface area contributed by atoms with E-state index in [1.807, 2.05) is 0 Å². The zero-order valence-electron chi connectivity index (χ0n) is 21.6. The van der Waals surface area contributed by atoms with Crippen molar-refractivity contribution in [2.45, 2.75) is 77.0 Å². The number of amides is 1. The highest BCUT2D eigenvalue weighted by Crippen LogP contribution is 2.59. The van der Waals surface area contributed by atoms with Crippen molar-refractivity contribution < 1.29 is 18.7 Å². The molecule has 0 bridgehead atoms. The molecule has 2 saturated carbocycles. The van der Waals surface area contributed by atoms with Crippen LogP contribution in [-0.2, 0) is 17.6 Å². The number of methoxy groups -OCH3 is 1. The van der Waals surface area contributed by atoms with Gasteiger partial charge in [-0.15, -0.1) is 0 Å². The summed E-state index contributed by atoms with van der Waals surface area (Å²) in [5.74, 6) is 2.75. The van der Waals surface area contributed by atoms with E-state index in [-0.39, 0.29) is 17.1 Å². The van der Waals surface area contributed by atoms with E-state index in [9.17, 15) is 14.0 Å². The van der Waals surface area contributed by atoms with Gasteiger partial charge in [0.1, 0.15) is 17.3 Å². The number of ketones is 1. The van der Waals surface area contributed by atoms with E-state index >= 15 is 0 Å². The lowest BCUT2D eigenvalue weighted by molar-refractivity contribution is -0.129. The van der Waals surface area contributed by atoms with Crippen molar-refractivity contribution in [1.29, 1.82) is 0 Å². The zero-order valence-corrected chi connectivity index (χ0v) is 21.6. The third-order valence-corrected chi connectivity index (χ3v) is 9.35. The highest BCUT2D eigenvalue weighted by atomic mass is 19.1. The Balaban J connectivity index is 1.18. The van der Waals surface area contributed by atoms with Crippen LogP contribution in [0.2, 0.25) is 0 Å². The standard InChI is InChI=1S/C31H38FNO3/c1-31-16-15-24-25(27(31)13-14-29(31)34)12-9-21-19-28(36-2)22(18-26(21)24)6-4-3-5-17-33-30(35)20-7-10-23(32)11-8-20/h7-8,10-11,18-19,24-25,27H,3-6,9,12-17H2,1-2H3,(H,33,35)/t24?,25?,27?,31-/m0/s1. The number of halogens is 1. The maximum absolute atomic E-state index is 13.0. The van der Waals surface area contributed by atoms with E-state index in [1.165, 1.54) is 47.4 Å². The van der Waals surface area contributed by atoms with Crippen molar-refractivity contribution in [2.75, 3.05) is 13.7 Å². The summed E-state index contributed by atoms with van der Waals surface area (Å²) in [6, 6.07) is 10.3. The number of nitrogens with one attached hydrogen (secondary N) is 1. The Bertz CT molecular complexity index is 1130.